The lowest BCUT2D eigenvalue weighted by Gasteiger charge is -2.46. The van der Waals surface area contributed by atoms with Crippen molar-refractivity contribution in [2.24, 2.45) is 5.92 Å². The highest BCUT2D eigenvalue weighted by molar-refractivity contribution is 5.90. The van der Waals surface area contributed by atoms with Gasteiger partial charge in [-0.1, -0.05) is 121 Å². The Morgan fingerprint density at radius 3 is 2.28 bits per heavy atom. The highest BCUT2D eigenvalue weighted by atomic mass is 16.6. The molecule has 0 N–H and O–H groups in total. The van der Waals surface area contributed by atoms with Crippen LogP contribution in [0.4, 0.5) is 0 Å². The Labute approximate surface area is 375 Å². The van der Waals surface area contributed by atoms with Crippen LogP contribution in [-0.4, -0.2) is 23.6 Å². The van der Waals surface area contributed by atoms with E-state index in [0.717, 1.165) is 47.9 Å². The second-order valence-electron chi connectivity index (χ2n) is 18.0. The second-order valence-corrected chi connectivity index (χ2v) is 18.0. The smallest absolute Gasteiger partial charge is 0.336 e. The van der Waals surface area contributed by atoms with Crippen LogP contribution in [0.3, 0.4) is 0 Å². The minimum atomic E-state index is -1.23. The van der Waals surface area contributed by atoms with Crippen LogP contribution >= 0.6 is 0 Å². The molecule has 0 saturated carbocycles. The van der Waals surface area contributed by atoms with E-state index in [0.29, 0.717) is 60.8 Å². The van der Waals surface area contributed by atoms with Gasteiger partial charge in [-0.2, -0.15) is 0 Å². The van der Waals surface area contributed by atoms with Gasteiger partial charge in [0, 0.05) is 29.9 Å². The summed E-state index contributed by atoms with van der Waals surface area (Å²) < 4.78 is 26.6. The first-order chi connectivity index (χ1) is 31.2. The Morgan fingerprint density at radius 2 is 1.47 bits per heavy atom. The first-order valence-electron chi connectivity index (χ1n) is 22.7. The highest BCUT2D eigenvalue weighted by Crippen LogP contribution is 2.50. The number of carbonyl (C=O) groups is 2. The maximum Gasteiger partial charge on any atom is 0.336 e. The fourth-order valence-electron chi connectivity index (χ4n) is 9.83. The monoisotopic (exact) mass is 850 g/mol. The number of allylic oxidation sites excluding steroid dienone is 1. The van der Waals surface area contributed by atoms with E-state index in [4.69, 9.17) is 18.6 Å². The molecule has 7 nitrogen and oxygen atoms in total. The van der Waals surface area contributed by atoms with Crippen LogP contribution in [0.15, 0.2) is 148 Å². The van der Waals surface area contributed by atoms with Crippen molar-refractivity contribution in [3.8, 4) is 17.6 Å². The zero-order valence-corrected chi connectivity index (χ0v) is 36.7. The minimum absolute atomic E-state index is 0.0858. The molecule has 0 radical (unpaired) electrons. The first-order valence-corrected chi connectivity index (χ1v) is 22.7. The quantitative estimate of drug-likeness (QED) is 0.0619. The molecule has 7 heteroatoms. The van der Waals surface area contributed by atoms with E-state index >= 15 is 0 Å². The molecule has 5 aromatic carbocycles. The lowest BCUT2D eigenvalue weighted by atomic mass is 9.78. The molecule has 9 rings (SSSR count). The van der Waals surface area contributed by atoms with Crippen LogP contribution in [0.1, 0.15) is 103 Å². The van der Waals surface area contributed by atoms with Gasteiger partial charge in [-0.15, -0.1) is 0 Å². The average molecular weight is 851 g/mol. The molecule has 0 aliphatic carbocycles. The molecule has 0 spiro atoms. The Hall–Kier alpha value is -6.65. The van der Waals surface area contributed by atoms with E-state index in [1.54, 1.807) is 6.07 Å². The topological polar surface area (TPSA) is 92.0 Å². The third-order valence-corrected chi connectivity index (χ3v) is 13.2. The number of carbonyl (C=O) groups excluding carboxylic acids is 2. The molecule has 6 aromatic rings. The van der Waals surface area contributed by atoms with Gasteiger partial charge < -0.3 is 18.6 Å². The summed E-state index contributed by atoms with van der Waals surface area (Å²) in [6.45, 7) is 3.86. The predicted molar refractivity (Wildman–Crippen MR) is 249 cm³/mol. The van der Waals surface area contributed by atoms with Crippen LogP contribution in [0.25, 0.3) is 11.0 Å². The minimum Gasteiger partial charge on any atom is -0.482 e. The Balaban J connectivity index is 1.16. The lowest BCUT2D eigenvalue weighted by Crippen LogP contribution is -2.56. The van der Waals surface area contributed by atoms with Crippen molar-refractivity contribution in [1.82, 2.24) is 0 Å². The lowest BCUT2D eigenvalue weighted by molar-refractivity contribution is -0.194. The number of fused-ring (bicyclic) bond motifs is 7. The fourth-order valence-corrected chi connectivity index (χ4v) is 9.83. The molecule has 0 saturated heterocycles. The number of benzene rings is 5. The SMILES string of the molecule is CC(C)=C1CCc2ccc3c(c2)CC#CCC2(CCCc4ccccc4)Oc4ccc5ccc(=O)oc5c4C(OC(=O)CC(CCc4cccc(Cc5ccccc5)c4)C3)C2OC1=O. The molecule has 0 amide bonds. The van der Waals surface area contributed by atoms with Gasteiger partial charge in [-0.25, -0.2) is 9.59 Å². The van der Waals surface area contributed by atoms with E-state index in [1.165, 1.54) is 28.3 Å². The van der Waals surface area contributed by atoms with Crippen LogP contribution in [-0.2, 0) is 57.6 Å². The van der Waals surface area contributed by atoms with Crippen molar-refractivity contribution in [3.63, 3.8) is 0 Å². The van der Waals surface area contributed by atoms with Crippen molar-refractivity contribution >= 4 is 22.9 Å². The summed E-state index contributed by atoms with van der Waals surface area (Å²) in [6, 6.07) is 42.8. The maximum absolute atomic E-state index is 14.9. The fraction of sp³-hybridized carbons (Fsp3) is 0.316. The summed E-state index contributed by atoms with van der Waals surface area (Å²) in [4.78, 5) is 42.5. The van der Waals surface area contributed by atoms with Crippen molar-refractivity contribution in [2.75, 3.05) is 0 Å². The van der Waals surface area contributed by atoms with Crippen molar-refractivity contribution in [1.29, 1.82) is 0 Å². The van der Waals surface area contributed by atoms with Gasteiger partial charge in [0.05, 0.1) is 12.0 Å². The van der Waals surface area contributed by atoms with Gasteiger partial charge in [0.25, 0.3) is 0 Å². The molecule has 5 bridgehead atoms. The number of hydrogen-bond donors (Lipinski definition) is 0. The van der Waals surface area contributed by atoms with E-state index in [-0.39, 0.29) is 24.3 Å². The van der Waals surface area contributed by atoms with Crippen LogP contribution in [0.5, 0.6) is 5.75 Å². The molecule has 1 aromatic heterocycles. The largest absolute Gasteiger partial charge is 0.482 e. The van der Waals surface area contributed by atoms with Gasteiger partial charge in [0.1, 0.15) is 11.3 Å². The molecular formula is C57H54O7. The predicted octanol–water partition coefficient (Wildman–Crippen LogP) is 11.1. The van der Waals surface area contributed by atoms with E-state index < -0.39 is 35.4 Å². The van der Waals surface area contributed by atoms with Gasteiger partial charge >= 0.3 is 17.6 Å². The number of rotatable bonds is 9. The van der Waals surface area contributed by atoms with E-state index in [9.17, 15) is 14.4 Å². The van der Waals surface area contributed by atoms with Crippen LogP contribution in [0, 0.1) is 17.8 Å². The van der Waals surface area contributed by atoms with Crippen LogP contribution < -0.4 is 10.4 Å². The zero-order chi connectivity index (χ0) is 44.0. The summed E-state index contributed by atoms with van der Waals surface area (Å²) in [6.07, 6.45) is 4.56. The first kappa shape index (κ1) is 42.6. The van der Waals surface area contributed by atoms with E-state index in [1.807, 2.05) is 50.2 Å². The zero-order valence-electron chi connectivity index (χ0n) is 36.7. The Kier molecular flexibility index (Phi) is 12.7. The summed E-state index contributed by atoms with van der Waals surface area (Å²) in [5.74, 6) is 6.42. The summed E-state index contributed by atoms with van der Waals surface area (Å²) in [5.41, 5.74) is 8.54. The second kappa shape index (κ2) is 19.0. The maximum atomic E-state index is 14.9. The van der Waals surface area contributed by atoms with E-state index in [2.05, 4.69) is 90.7 Å². The van der Waals surface area contributed by atoms with Crippen molar-refractivity contribution < 1.29 is 28.2 Å². The normalized spacial score (nSPS) is 20.7. The highest BCUT2D eigenvalue weighted by Gasteiger charge is 2.55. The number of ether oxygens (including phenoxy) is 3. The van der Waals surface area contributed by atoms with Gasteiger partial charge in [-0.3, -0.25) is 4.79 Å². The van der Waals surface area contributed by atoms with Gasteiger partial charge in [-0.05, 0) is 135 Å². The Morgan fingerprint density at radius 1 is 0.703 bits per heavy atom. The number of aryl methyl sites for hydroxylation is 3. The summed E-state index contributed by atoms with van der Waals surface area (Å²) in [7, 11) is 0. The van der Waals surface area contributed by atoms with Gasteiger partial charge in [0.15, 0.2) is 17.8 Å². The molecule has 64 heavy (non-hydrogen) atoms. The molecular weight excluding hydrogens is 797 g/mol. The average Bonchev–Trinajstić information content (AvgIpc) is 3.29. The summed E-state index contributed by atoms with van der Waals surface area (Å²) >= 11 is 0. The standard InChI is InChI=1S/C57H54O7/c1-38(2)48-28-24-42-23-25-47-36-44(22-21-41-17-11-18-43(34-41)33-40-15-7-4-8-16-40)37-51(59)62-54-52-49(29-26-45-27-30-50(58)61-53(45)52)64-57(55(54)63-56(48)60,31-10-9-20-46(47)35-42)32-12-19-39-13-5-3-6-14-39/h3-8,11,13-18,23,25-27,29-30,34-35,44,54-55H,12,19-22,24,28,31-33,36-37H2,1-2H3. The third kappa shape index (κ3) is 9.62. The molecule has 3 aliphatic heterocycles. The number of esters is 2. The molecule has 3 aliphatic rings. The molecule has 0 fully saturated rings. The van der Waals surface area contributed by atoms with Crippen molar-refractivity contribution in [3.05, 3.63) is 193 Å². The molecule has 4 heterocycles. The molecule has 4 atom stereocenters. The third-order valence-electron chi connectivity index (χ3n) is 13.2. The molecule has 324 valence electrons. The molecule has 4 unspecified atom stereocenters. The summed E-state index contributed by atoms with van der Waals surface area (Å²) in [5, 5.41) is 0.633. The Bertz CT molecular complexity index is 2820. The van der Waals surface area contributed by atoms with Crippen LogP contribution in [0.2, 0.25) is 0 Å². The number of hydrogen-bond acceptors (Lipinski definition) is 7. The van der Waals surface area contributed by atoms with Gasteiger partial charge in [0.2, 0.25) is 0 Å². The van der Waals surface area contributed by atoms with Crippen molar-refractivity contribution in [2.45, 2.75) is 109 Å².